The van der Waals surface area contributed by atoms with E-state index in [4.69, 9.17) is 9.47 Å². The lowest BCUT2D eigenvalue weighted by Gasteiger charge is -2.17. The topological polar surface area (TPSA) is 52.6 Å². The molecule has 1 aromatic carbocycles. The minimum atomic E-state index is -0.332. The lowest BCUT2D eigenvalue weighted by atomic mass is 10.1. The minimum Gasteiger partial charge on any atom is -0.459 e. The lowest BCUT2D eigenvalue weighted by molar-refractivity contribution is 0.0266. The Morgan fingerprint density at radius 2 is 1.04 bits per heavy atom. The molecule has 1 aromatic rings. The molecule has 0 saturated heterocycles. The Morgan fingerprint density at radius 3 is 1.42 bits per heavy atom. The molecule has 0 N–H and O–H groups in total. The summed E-state index contributed by atoms with van der Waals surface area (Å²) in [4.78, 5) is 24.9. The molecule has 4 nitrogen and oxygen atoms in total. The second-order valence-electron chi connectivity index (χ2n) is 7.62. The van der Waals surface area contributed by atoms with Crippen LogP contribution < -0.4 is 0 Å². The summed E-state index contributed by atoms with van der Waals surface area (Å²) in [5.41, 5.74) is 0.870. The third kappa shape index (κ3) is 5.58. The standard InChI is InChI=1S/C22H30O4/c23-21(25-19-12-5-1-2-6-13-19)17-10-9-11-18(16-17)22(24)26-20-14-7-3-4-8-15-20/h9-11,16,19-20H,1-8,12-15H2. The quantitative estimate of drug-likeness (QED) is 0.531. The van der Waals surface area contributed by atoms with E-state index < -0.39 is 0 Å². The number of benzene rings is 1. The molecule has 3 rings (SSSR count). The number of carbonyl (C=O) groups excluding carboxylic acids is 2. The van der Waals surface area contributed by atoms with Gasteiger partial charge < -0.3 is 9.47 Å². The van der Waals surface area contributed by atoms with E-state index in [2.05, 4.69) is 0 Å². The first-order valence-electron chi connectivity index (χ1n) is 10.2. The predicted octanol–water partition coefficient (Wildman–Crippen LogP) is 5.45. The Labute approximate surface area is 156 Å². The first kappa shape index (κ1) is 18.9. The largest absolute Gasteiger partial charge is 0.459 e. The first-order valence-corrected chi connectivity index (χ1v) is 10.2. The Balaban J connectivity index is 1.59. The van der Waals surface area contributed by atoms with Gasteiger partial charge in [0, 0.05) is 0 Å². The average molecular weight is 358 g/mol. The number of esters is 2. The van der Waals surface area contributed by atoms with Crippen LogP contribution in [0.5, 0.6) is 0 Å². The molecule has 0 bridgehead atoms. The van der Waals surface area contributed by atoms with Crippen LogP contribution in [0.2, 0.25) is 0 Å². The van der Waals surface area contributed by atoms with Gasteiger partial charge in [0.15, 0.2) is 0 Å². The fourth-order valence-electron chi connectivity index (χ4n) is 3.93. The highest BCUT2D eigenvalue weighted by Gasteiger charge is 2.21. The highest BCUT2D eigenvalue weighted by molar-refractivity contribution is 5.95. The van der Waals surface area contributed by atoms with Crippen molar-refractivity contribution in [1.82, 2.24) is 0 Å². The molecule has 0 heterocycles. The number of hydrogen-bond acceptors (Lipinski definition) is 4. The van der Waals surface area contributed by atoms with Crippen LogP contribution in [0, 0.1) is 0 Å². The van der Waals surface area contributed by atoms with Crippen LogP contribution in [-0.4, -0.2) is 24.1 Å². The van der Waals surface area contributed by atoms with Gasteiger partial charge in [-0.25, -0.2) is 9.59 Å². The normalized spacial score (nSPS) is 20.0. The van der Waals surface area contributed by atoms with Crippen LogP contribution in [0.3, 0.4) is 0 Å². The zero-order valence-corrected chi connectivity index (χ0v) is 15.6. The van der Waals surface area contributed by atoms with Crippen molar-refractivity contribution in [2.24, 2.45) is 0 Å². The minimum absolute atomic E-state index is 0.00611. The van der Waals surface area contributed by atoms with Gasteiger partial charge in [-0.1, -0.05) is 31.7 Å². The van der Waals surface area contributed by atoms with E-state index in [1.54, 1.807) is 24.3 Å². The third-order valence-corrected chi connectivity index (χ3v) is 5.49. The van der Waals surface area contributed by atoms with Crippen molar-refractivity contribution in [3.05, 3.63) is 35.4 Å². The van der Waals surface area contributed by atoms with Crippen molar-refractivity contribution in [2.45, 2.75) is 89.3 Å². The van der Waals surface area contributed by atoms with Crippen molar-refractivity contribution < 1.29 is 19.1 Å². The molecule has 142 valence electrons. The monoisotopic (exact) mass is 358 g/mol. The second-order valence-corrected chi connectivity index (χ2v) is 7.62. The van der Waals surface area contributed by atoms with Gasteiger partial charge in [0.2, 0.25) is 0 Å². The van der Waals surface area contributed by atoms with Crippen molar-refractivity contribution in [1.29, 1.82) is 0 Å². The average Bonchev–Trinajstić information content (AvgIpc) is 3.07. The van der Waals surface area contributed by atoms with E-state index in [0.29, 0.717) is 11.1 Å². The summed E-state index contributed by atoms with van der Waals surface area (Å²) in [5.74, 6) is -0.665. The van der Waals surface area contributed by atoms with Gasteiger partial charge in [0.05, 0.1) is 11.1 Å². The van der Waals surface area contributed by atoms with Gasteiger partial charge in [0.25, 0.3) is 0 Å². The van der Waals surface area contributed by atoms with Gasteiger partial charge in [-0.2, -0.15) is 0 Å². The van der Waals surface area contributed by atoms with E-state index in [1.807, 2.05) is 0 Å². The van der Waals surface area contributed by atoms with Gasteiger partial charge in [-0.05, 0) is 69.6 Å². The van der Waals surface area contributed by atoms with E-state index in [0.717, 1.165) is 51.4 Å². The molecule has 2 aliphatic carbocycles. The van der Waals surface area contributed by atoms with E-state index in [-0.39, 0.29) is 24.1 Å². The van der Waals surface area contributed by atoms with Crippen LogP contribution in [0.4, 0.5) is 0 Å². The van der Waals surface area contributed by atoms with Crippen LogP contribution in [0.15, 0.2) is 24.3 Å². The van der Waals surface area contributed by atoms with Crippen molar-refractivity contribution in [3.8, 4) is 0 Å². The Morgan fingerprint density at radius 1 is 0.654 bits per heavy atom. The summed E-state index contributed by atoms with van der Waals surface area (Å²) in [6.45, 7) is 0. The summed E-state index contributed by atoms with van der Waals surface area (Å²) in [5, 5.41) is 0. The first-order chi connectivity index (χ1) is 12.7. The van der Waals surface area contributed by atoms with E-state index in [9.17, 15) is 9.59 Å². The van der Waals surface area contributed by atoms with E-state index >= 15 is 0 Å². The Kier molecular flexibility index (Phi) is 7.10. The highest BCUT2D eigenvalue weighted by Crippen LogP contribution is 2.23. The smallest absolute Gasteiger partial charge is 0.338 e. The summed E-state index contributed by atoms with van der Waals surface area (Å²) in [7, 11) is 0. The molecule has 0 unspecified atom stereocenters. The predicted molar refractivity (Wildman–Crippen MR) is 100 cm³/mol. The van der Waals surface area contributed by atoms with Crippen LogP contribution in [0.25, 0.3) is 0 Å². The van der Waals surface area contributed by atoms with Crippen molar-refractivity contribution in [2.75, 3.05) is 0 Å². The number of carbonyl (C=O) groups is 2. The molecule has 4 heteroatoms. The Bertz CT molecular complexity index is 545. The Hall–Kier alpha value is -1.84. The molecule has 2 saturated carbocycles. The molecule has 26 heavy (non-hydrogen) atoms. The molecular formula is C22H30O4. The third-order valence-electron chi connectivity index (χ3n) is 5.49. The molecule has 0 spiro atoms. The van der Waals surface area contributed by atoms with Crippen LogP contribution in [-0.2, 0) is 9.47 Å². The number of rotatable bonds is 4. The maximum absolute atomic E-state index is 12.5. The fourth-order valence-corrected chi connectivity index (χ4v) is 3.93. The maximum atomic E-state index is 12.5. The molecule has 2 fully saturated rings. The molecule has 0 radical (unpaired) electrons. The fraction of sp³-hybridized carbons (Fsp3) is 0.636. The van der Waals surface area contributed by atoms with Gasteiger partial charge in [0.1, 0.15) is 12.2 Å². The van der Waals surface area contributed by atoms with E-state index in [1.165, 1.54) is 25.7 Å². The van der Waals surface area contributed by atoms with Crippen LogP contribution >= 0.6 is 0 Å². The summed E-state index contributed by atoms with van der Waals surface area (Å²) in [6, 6.07) is 6.76. The molecule has 0 aliphatic heterocycles. The summed E-state index contributed by atoms with van der Waals surface area (Å²) < 4.78 is 11.3. The van der Waals surface area contributed by atoms with Crippen LogP contribution in [0.1, 0.15) is 97.8 Å². The second kappa shape index (κ2) is 9.75. The summed E-state index contributed by atoms with van der Waals surface area (Å²) >= 11 is 0. The van der Waals surface area contributed by atoms with Crippen molar-refractivity contribution >= 4 is 11.9 Å². The lowest BCUT2D eigenvalue weighted by Crippen LogP contribution is -2.19. The molecule has 2 aliphatic rings. The molecule has 0 amide bonds. The summed E-state index contributed by atoms with van der Waals surface area (Å²) in [6.07, 6.45) is 13.1. The van der Waals surface area contributed by atoms with Gasteiger partial charge in [-0.3, -0.25) is 0 Å². The molecular weight excluding hydrogens is 328 g/mol. The number of ether oxygens (including phenoxy) is 2. The number of hydrogen-bond donors (Lipinski definition) is 0. The van der Waals surface area contributed by atoms with Gasteiger partial charge in [-0.15, -0.1) is 0 Å². The maximum Gasteiger partial charge on any atom is 0.338 e. The van der Waals surface area contributed by atoms with Gasteiger partial charge >= 0.3 is 11.9 Å². The highest BCUT2D eigenvalue weighted by atomic mass is 16.5. The molecule has 0 aromatic heterocycles. The van der Waals surface area contributed by atoms with Crippen molar-refractivity contribution in [3.63, 3.8) is 0 Å². The zero-order chi connectivity index (χ0) is 18.2. The SMILES string of the molecule is O=C(OC1CCCCCC1)c1cccc(C(=O)OC2CCCCCC2)c1. The molecule has 0 atom stereocenters. The zero-order valence-electron chi connectivity index (χ0n) is 15.6.